The predicted octanol–water partition coefficient (Wildman–Crippen LogP) is 1.60. The first-order valence-corrected chi connectivity index (χ1v) is 5.27. The molecule has 0 fully saturated rings. The van der Waals surface area contributed by atoms with Crippen molar-refractivity contribution in [2.45, 2.75) is 45.7 Å². The summed E-state index contributed by atoms with van der Waals surface area (Å²) in [5.41, 5.74) is 5.54. The second kappa shape index (κ2) is 4.57. The molecule has 15 heavy (non-hydrogen) atoms. The third kappa shape index (κ3) is 3.47. The molecule has 0 aliphatic rings. The largest absolute Gasteiger partial charge is 0.329 e. The molecule has 0 unspecified atom stereocenters. The van der Waals surface area contributed by atoms with Crippen LogP contribution in [0.3, 0.4) is 0 Å². The number of nitrogens with two attached hydrogens (primary N) is 1. The Morgan fingerprint density at radius 1 is 1.60 bits per heavy atom. The van der Waals surface area contributed by atoms with Crippen LogP contribution in [0.5, 0.6) is 0 Å². The van der Waals surface area contributed by atoms with E-state index in [1.165, 1.54) is 0 Å². The zero-order valence-electron chi connectivity index (χ0n) is 9.66. The fraction of sp³-hybridized carbons (Fsp3) is 0.636. The minimum absolute atomic E-state index is 0.0698. The molecule has 0 radical (unpaired) electrons. The molecule has 0 aromatic carbocycles. The maximum Gasteiger partial charge on any atom is 0.198 e. The quantitative estimate of drug-likeness (QED) is 0.749. The molecule has 1 heterocycles. The number of carbonyl (C=O) groups excluding carboxylic acids is 1. The first-order chi connectivity index (χ1) is 6.94. The minimum Gasteiger partial charge on any atom is -0.329 e. The molecule has 0 amide bonds. The van der Waals surface area contributed by atoms with Crippen molar-refractivity contribution in [2.24, 2.45) is 5.73 Å². The molecule has 1 aromatic heterocycles. The summed E-state index contributed by atoms with van der Waals surface area (Å²) < 4.78 is 1.85. The summed E-state index contributed by atoms with van der Waals surface area (Å²) in [6, 6.07) is 0. The smallest absolute Gasteiger partial charge is 0.198 e. The van der Waals surface area contributed by atoms with E-state index in [2.05, 4.69) is 4.98 Å². The Kier molecular flexibility index (Phi) is 3.63. The normalized spacial score (nSPS) is 11.7. The second-order valence-corrected chi connectivity index (χ2v) is 4.45. The van der Waals surface area contributed by atoms with E-state index >= 15 is 0 Å². The average Bonchev–Trinajstić information content (AvgIpc) is 2.60. The molecule has 84 valence electrons. The molecule has 0 aliphatic heterocycles. The first-order valence-electron chi connectivity index (χ1n) is 5.27. The summed E-state index contributed by atoms with van der Waals surface area (Å²) >= 11 is 0. The molecule has 0 aliphatic carbocycles. The van der Waals surface area contributed by atoms with Crippen molar-refractivity contribution in [3.8, 4) is 0 Å². The van der Waals surface area contributed by atoms with Gasteiger partial charge in [0.2, 0.25) is 0 Å². The number of nitrogens with zero attached hydrogens (tertiary/aromatic N) is 2. The summed E-state index contributed by atoms with van der Waals surface area (Å²) in [6.45, 7) is 6.61. The van der Waals surface area contributed by atoms with Gasteiger partial charge in [0.25, 0.3) is 0 Å². The Hall–Kier alpha value is -1.16. The number of imidazole rings is 1. The monoisotopic (exact) mass is 209 g/mol. The summed E-state index contributed by atoms with van der Waals surface area (Å²) in [4.78, 5) is 15.9. The van der Waals surface area contributed by atoms with Crippen molar-refractivity contribution in [1.29, 1.82) is 0 Å². The van der Waals surface area contributed by atoms with Crippen LogP contribution >= 0.6 is 0 Å². The number of aromatic nitrogens is 2. The van der Waals surface area contributed by atoms with Crippen molar-refractivity contribution in [3.05, 3.63) is 18.2 Å². The van der Waals surface area contributed by atoms with Gasteiger partial charge in [-0.15, -0.1) is 0 Å². The molecule has 0 spiro atoms. The standard InChI is InChI=1S/C11H19N3O/c1-4-14-8-7-13-10(14)9(15)5-6-11(2,3)12/h7-8H,4-6,12H2,1-3H3. The second-order valence-electron chi connectivity index (χ2n) is 4.45. The van der Waals surface area contributed by atoms with Crippen LogP contribution < -0.4 is 5.73 Å². The first kappa shape index (κ1) is 11.9. The lowest BCUT2D eigenvalue weighted by molar-refractivity contribution is 0.0958. The van der Waals surface area contributed by atoms with E-state index in [1.54, 1.807) is 6.20 Å². The van der Waals surface area contributed by atoms with Gasteiger partial charge in [-0.25, -0.2) is 4.98 Å². The Morgan fingerprint density at radius 2 is 2.27 bits per heavy atom. The molecule has 4 heteroatoms. The molecule has 0 saturated heterocycles. The van der Waals surface area contributed by atoms with E-state index in [1.807, 2.05) is 31.5 Å². The van der Waals surface area contributed by atoms with E-state index in [0.29, 0.717) is 18.7 Å². The summed E-state index contributed by atoms with van der Waals surface area (Å²) in [5.74, 6) is 0.613. The molecule has 2 N–H and O–H groups in total. The van der Waals surface area contributed by atoms with Gasteiger partial charge < -0.3 is 10.3 Å². The number of aryl methyl sites for hydroxylation is 1. The third-order valence-electron chi connectivity index (χ3n) is 2.30. The summed E-state index contributed by atoms with van der Waals surface area (Å²) in [6.07, 6.45) is 4.62. The number of hydrogen-bond acceptors (Lipinski definition) is 3. The topological polar surface area (TPSA) is 60.9 Å². The van der Waals surface area contributed by atoms with Crippen LogP contribution in [0.2, 0.25) is 0 Å². The maximum atomic E-state index is 11.8. The van der Waals surface area contributed by atoms with Crippen LogP contribution in [0.15, 0.2) is 12.4 Å². The van der Waals surface area contributed by atoms with Crippen LogP contribution in [-0.2, 0) is 6.54 Å². The highest BCUT2D eigenvalue weighted by atomic mass is 16.1. The summed E-state index contributed by atoms with van der Waals surface area (Å²) in [7, 11) is 0. The third-order valence-corrected chi connectivity index (χ3v) is 2.30. The van der Waals surface area contributed by atoms with Gasteiger partial charge >= 0.3 is 0 Å². The van der Waals surface area contributed by atoms with Crippen LogP contribution in [0.1, 0.15) is 44.2 Å². The Balaban J connectivity index is 2.62. The van der Waals surface area contributed by atoms with E-state index < -0.39 is 0 Å². The van der Waals surface area contributed by atoms with Gasteiger partial charge in [-0.3, -0.25) is 4.79 Å². The maximum absolute atomic E-state index is 11.8. The minimum atomic E-state index is -0.292. The Morgan fingerprint density at radius 3 is 2.80 bits per heavy atom. The molecule has 4 nitrogen and oxygen atoms in total. The van der Waals surface area contributed by atoms with Crippen molar-refractivity contribution < 1.29 is 4.79 Å². The van der Waals surface area contributed by atoms with Crippen LogP contribution in [0.4, 0.5) is 0 Å². The molecule has 0 atom stereocenters. The molecular formula is C11H19N3O. The number of carbonyl (C=O) groups is 1. The molecule has 0 bridgehead atoms. The van der Waals surface area contributed by atoms with Crippen molar-refractivity contribution in [2.75, 3.05) is 0 Å². The lowest BCUT2D eigenvalue weighted by Gasteiger charge is -2.17. The Bertz CT molecular complexity index is 336. The van der Waals surface area contributed by atoms with Crippen molar-refractivity contribution in [1.82, 2.24) is 9.55 Å². The molecule has 0 saturated carbocycles. The molecular weight excluding hydrogens is 190 g/mol. The van der Waals surface area contributed by atoms with E-state index in [-0.39, 0.29) is 11.3 Å². The highest BCUT2D eigenvalue weighted by Crippen LogP contribution is 2.11. The van der Waals surface area contributed by atoms with Crippen LogP contribution in [0.25, 0.3) is 0 Å². The van der Waals surface area contributed by atoms with Crippen LogP contribution in [0, 0.1) is 0 Å². The number of hydrogen-bond donors (Lipinski definition) is 1. The van der Waals surface area contributed by atoms with Gasteiger partial charge in [-0.05, 0) is 27.2 Å². The Labute approximate surface area is 90.5 Å². The highest BCUT2D eigenvalue weighted by Gasteiger charge is 2.17. The van der Waals surface area contributed by atoms with E-state index in [4.69, 9.17) is 5.73 Å². The van der Waals surface area contributed by atoms with Crippen LogP contribution in [-0.4, -0.2) is 20.9 Å². The van der Waals surface area contributed by atoms with Gasteiger partial charge in [0.1, 0.15) is 0 Å². The number of Topliss-reactive ketones (excluding diaryl/α,β-unsaturated/α-hetero) is 1. The summed E-state index contributed by atoms with van der Waals surface area (Å²) in [5, 5.41) is 0. The van der Waals surface area contributed by atoms with Gasteiger partial charge in [0.05, 0.1) is 0 Å². The molecule has 1 aromatic rings. The zero-order chi connectivity index (χ0) is 11.5. The zero-order valence-corrected chi connectivity index (χ0v) is 9.66. The molecule has 1 rings (SSSR count). The van der Waals surface area contributed by atoms with Crippen molar-refractivity contribution in [3.63, 3.8) is 0 Å². The highest BCUT2D eigenvalue weighted by molar-refractivity contribution is 5.92. The SMILES string of the molecule is CCn1ccnc1C(=O)CCC(C)(C)N. The van der Waals surface area contributed by atoms with Crippen molar-refractivity contribution >= 4 is 5.78 Å². The number of rotatable bonds is 5. The fourth-order valence-corrected chi connectivity index (χ4v) is 1.36. The lowest BCUT2D eigenvalue weighted by atomic mass is 9.98. The van der Waals surface area contributed by atoms with Gasteiger partial charge in [-0.2, -0.15) is 0 Å². The predicted molar refractivity (Wildman–Crippen MR) is 59.7 cm³/mol. The van der Waals surface area contributed by atoms with Gasteiger partial charge in [0.15, 0.2) is 11.6 Å². The van der Waals surface area contributed by atoms with E-state index in [9.17, 15) is 4.79 Å². The van der Waals surface area contributed by atoms with Gasteiger partial charge in [0, 0.05) is 30.9 Å². The fourth-order valence-electron chi connectivity index (χ4n) is 1.36. The number of ketones is 1. The lowest BCUT2D eigenvalue weighted by Crippen LogP contribution is -2.32. The average molecular weight is 209 g/mol. The van der Waals surface area contributed by atoms with E-state index in [0.717, 1.165) is 6.54 Å². The van der Waals surface area contributed by atoms with Gasteiger partial charge in [-0.1, -0.05) is 0 Å².